The van der Waals surface area contributed by atoms with E-state index in [0.29, 0.717) is 5.89 Å². The van der Waals surface area contributed by atoms with Crippen molar-refractivity contribution in [3.05, 3.63) is 11.8 Å². The Labute approximate surface area is 81.5 Å². The average molecular weight is 198 g/mol. The Bertz CT molecular complexity index is 295. The largest absolute Gasteiger partial charge is 0.421 e. The maximum atomic E-state index is 9.34. The predicted octanol–water partition coefficient (Wildman–Crippen LogP) is -0.514. The molecule has 4 N–H and O–H groups in total. The van der Waals surface area contributed by atoms with Gasteiger partial charge in [-0.1, -0.05) is 0 Å². The molecule has 0 bridgehead atoms. The number of nitrogens with two attached hydrogens (primary N) is 1. The molecule has 14 heavy (non-hydrogen) atoms. The highest BCUT2D eigenvalue weighted by atomic mass is 16.4. The second kappa shape index (κ2) is 4.04. The predicted molar refractivity (Wildman–Crippen MR) is 48.3 cm³/mol. The Morgan fingerprint density at radius 2 is 2.50 bits per heavy atom. The zero-order valence-corrected chi connectivity index (χ0v) is 7.81. The van der Waals surface area contributed by atoms with Crippen molar-refractivity contribution in [3.63, 3.8) is 0 Å². The monoisotopic (exact) mass is 198 g/mol. The van der Waals surface area contributed by atoms with E-state index in [1.165, 1.54) is 0 Å². The van der Waals surface area contributed by atoms with Crippen LogP contribution in [-0.2, 0) is 0 Å². The Balaban J connectivity index is 2.08. The lowest BCUT2D eigenvalue weighted by molar-refractivity contribution is 0.148. The first-order chi connectivity index (χ1) is 6.81. The SMILES string of the molecule is NCC(O)c1nnc(C2CCCN2)o1. The van der Waals surface area contributed by atoms with Crippen LogP contribution in [0.1, 0.15) is 36.8 Å². The first kappa shape index (κ1) is 9.57. The summed E-state index contributed by atoms with van der Waals surface area (Å²) in [4.78, 5) is 0. The Kier molecular flexibility index (Phi) is 2.76. The molecule has 1 aliphatic heterocycles. The van der Waals surface area contributed by atoms with E-state index in [-0.39, 0.29) is 18.5 Å². The summed E-state index contributed by atoms with van der Waals surface area (Å²) in [7, 11) is 0. The van der Waals surface area contributed by atoms with E-state index in [0.717, 1.165) is 19.4 Å². The van der Waals surface area contributed by atoms with Crippen molar-refractivity contribution in [1.82, 2.24) is 15.5 Å². The van der Waals surface area contributed by atoms with Gasteiger partial charge in [0.15, 0.2) is 0 Å². The van der Waals surface area contributed by atoms with Gasteiger partial charge in [-0.2, -0.15) is 0 Å². The second-order valence-electron chi connectivity index (χ2n) is 3.38. The lowest BCUT2D eigenvalue weighted by Gasteiger charge is -2.03. The topological polar surface area (TPSA) is 97.2 Å². The Morgan fingerprint density at radius 3 is 3.14 bits per heavy atom. The van der Waals surface area contributed by atoms with Gasteiger partial charge in [0.25, 0.3) is 0 Å². The molecule has 1 aromatic heterocycles. The second-order valence-corrected chi connectivity index (χ2v) is 3.38. The number of aliphatic hydroxyl groups is 1. The maximum Gasteiger partial charge on any atom is 0.246 e. The summed E-state index contributed by atoms with van der Waals surface area (Å²) in [5.74, 6) is 0.751. The molecule has 6 heteroatoms. The van der Waals surface area contributed by atoms with Gasteiger partial charge in [0.1, 0.15) is 6.10 Å². The van der Waals surface area contributed by atoms with Crippen LogP contribution in [0.3, 0.4) is 0 Å². The van der Waals surface area contributed by atoms with Crippen molar-refractivity contribution in [3.8, 4) is 0 Å². The van der Waals surface area contributed by atoms with Crippen LogP contribution >= 0.6 is 0 Å². The third kappa shape index (κ3) is 1.77. The number of rotatable bonds is 3. The van der Waals surface area contributed by atoms with Crippen molar-refractivity contribution in [1.29, 1.82) is 0 Å². The minimum Gasteiger partial charge on any atom is -0.421 e. The minimum atomic E-state index is -0.849. The standard InChI is InChI=1S/C8H14N4O2/c9-4-6(13)8-12-11-7(14-8)5-2-1-3-10-5/h5-6,10,13H,1-4,9H2. The summed E-state index contributed by atoms with van der Waals surface area (Å²) in [5.41, 5.74) is 5.27. The fraction of sp³-hybridized carbons (Fsp3) is 0.750. The van der Waals surface area contributed by atoms with Gasteiger partial charge in [0.05, 0.1) is 6.04 Å². The number of aliphatic hydroxyl groups excluding tert-OH is 1. The lowest BCUT2D eigenvalue weighted by Crippen LogP contribution is -2.13. The Morgan fingerprint density at radius 1 is 1.64 bits per heavy atom. The maximum absolute atomic E-state index is 9.34. The molecule has 0 aliphatic carbocycles. The third-order valence-electron chi connectivity index (χ3n) is 2.32. The molecule has 0 aromatic carbocycles. The molecule has 1 aromatic rings. The highest BCUT2D eigenvalue weighted by Gasteiger charge is 2.23. The highest BCUT2D eigenvalue weighted by molar-refractivity contribution is 4.94. The van der Waals surface area contributed by atoms with Crippen LogP contribution in [0.5, 0.6) is 0 Å². The molecule has 1 fully saturated rings. The zero-order chi connectivity index (χ0) is 9.97. The fourth-order valence-corrected chi connectivity index (χ4v) is 1.52. The highest BCUT2D eigenvalue weighted by Crippen LogP contribution is 2.22. The molecule has 0 amide bonds. The van der Waals surface area contributed by atoms with Gasteiger partial charge in [-0.3, -0.25) is 0 Å². The molecule has 0 saturated carbocycles. The number of nitrogens with one attached hydrogen (secondary N) is 1. The summed E-state index contributed by atoms with van der Waals surface area (Å²) in [6.45, 7) is 1.07. The zero-order valence-electron chi connectivity index (χ0n) is 7.81. The molecule has 6 nitrogen and oxygen atoms in total. The first-order valence-corrected chi connectivity index (χ1v) is 4.76. The molecule has 0 radical (unpaired) electrons. The molecule has 2 atom stereocenters. The lowest BCUT2D eigenvalue weighted by atomic mass is 10.2. The molecule has 0 spiro atoms. The van der Waals surface area contributed by atoms with Gasteiger partial charge in [0, 0.05) is 6.54 Å². The van der Waals surface area contributed by atoms with E-state index < -0.39 is 6.10 Å². The van der Waals surface area contributed by atoms with Gasteiger partial charge < -0.3 is 20.6 Å². The minimum absolute atomic E-state index is 0.0970. The summed E-state index contributed by atoms with van der Waals surface area (Å²) in [6.07, 6.45) is 1.26. The molecular weight excluding hydrogens is 184 g/mol. The average Bonchev–Trinajstić information content (AvgIpc) is 2.86. The van der Waals surface area contributed by atoms with Crippen LogP contribution in [0.25, 0.3) is 0 Å². The van der Waals surface area contributed by atoms with Crippen molar-refractivity contribution < 1.29 is 9.52 Å². The number of aromatic nitrogens is 2. The Hall–Kier alpha value is -0.980. The van der Waals surface area contributed by atoms with Crippen LogP contribution in [0.15, 0.2) is 4.42 Å². The van der Waals surface area contributed by atoms with Gasteiger partial charge in [-0.05, 0) is 19.4 Å². The normalized spacial score (nSPS) is 24.0. The van der Waals surface area contributed by atoms with Crippen molar-refractivity contribution in [2.75, 3.05) is 13.1 Å². The first-order valence-electron chi connectivity index (χ1n) is 4.76. The van der Waals surface area contributed by atoms with E-state index in [2.05, 4.69) is 15.5 Å². The van der Waals surface area contributed by atoms with Crippen LogP contribution < -0.4 is 11.1 Å². The van der Waals surface area contributed by atoms with E-state index >= 15 is 0 Å². The molecule has 1 saturated heterocycles. The molecule has 2 unspecified atom stereocenters. The van der Waals surface area contributed by atoms with Crippen LogP contribution in [0, 0.1) is 0 Å². The smallest absolute Gasteiger partial charge is 0.246 e. The number of nitrogens with zero attached hydrogens (tertiary/aromatic N) is 2. The van der Waals surface area contributed by atoms with Crippen molar-refractivity contribution in [2.45, 2.75) is 25.0 Å². The summed E-state index contributed by atoms with van der Waals surface area (Å²) >= 11 is 0. The molecule has 78 valence electrons. The molecule has 2 rings (SSSR count). The van der Waals surface area contributed by atoms with Crippen LogP contribution in [-0.4, -0.2) is 28.4 Å². The van der Waals surface area contributed by atoms with E-state index in [9.17, 15) is 5.11 Å². The van der Waals surface area contributed by atoms with Crippen LogP contribution in [0.4, 0.5) is 0 Å². The van der Waals surface area contributed by atoms with E-state index in [4.69, 9.17) is 10.2 Å². The van der Waals surface area contributed by atoms with Crippen LogP contribution in [0.2, 0.25) is 0 Å². The van der Waals surface area contributed by atoms with Crippen molar-refractivity contribution in [2.24, 2.45) is 5.73 Å². The van der Waals surface area contributed by atoms with Gasteiger partial charge in [0.2, 0.25) is 11.8 Å². The third-order valence-corrected chi connectivity index (χ3v) is 2.32. The van der Waals surface area contributed by atoms with Crippen molar-refractivity contribution >= 4 is 0 Å². The molecule has 1 aliphatic rings. The van der Waals surface area contributed by atoms with Gasteiger partial charge in [-0.15, -0.1) is 10.2 Å². The fourth-order valence-electron chi connectivity index (χ4n) is 1.52. The van der Waals surface area contributed by atoms with E-state index in [1.807, 2.05) is 0 Å². The quantitative estimate of drug-likeness (QED) is 0.605. The van der Waals surface area contributed by atoms with Gasteiger partial charge in [-0.25, -0.2) is 0 Å². The number of hydrogen-bond donors (Lipinski definition) is 3. The van der Waals surface area contributed by atoms with Gasteiger partial charge >= 0.3 is 0 Å². The summed E-state index contributed by atoms with van der Waals surface area (Å²) in [6, 6.07) is 0.140. The number of hydrogen-bond acceptors (Lipinski definition) is 6. The molecular formula is C8H14N4O2. The summed E-state index contributed by atoms with van der Waals surface area (Å²) < 4.78 is 5.31. The molecule has 2 heterocycles. The van der Waals surface area contributed by atoms with E-state index in [1.54, 1.807) is 0 Å². The summed E-state index contributed by atoms with van der Waals surface area (Å²) in [5, 5.41) is 20.2.